The van der Waals surface area contributed by atoms with E-state index in [2.05, 4.69) is 0 Å². The fourth-order valence-corrected chi connectivity index (χ4v) is 3.26. The maximum atomic E-state index is 10.3. The Morgan fingerprint density at radius 1 is 1.04 bits per heavy atom. The molecule has 0 saturated carbocycles. The number of aliphatic hydroxyl groups is 1. The van der Waals surface area contributed by atoms with Gasteiger partial charge in [0.2, 0.25) is 13.1 Å². The van der Waals surface area contributed by atoms with E-state index < -0.39 is 6.29 Å². The fraction of sp³-hybridized carbons (Fsp3) is 0.333. The van der Waals surface area contributed by atoms with Crippen LogP contribution in [0, 0.1) is 5.92 Å². The van der Waals surface area contributed by atoms with Crippen LogP contribution in [0.5, 0.6) is 23.0 Å². The first-order valence-corrected chi connectivity index (χ1v) is 7.59. The van der Waals surface area contributed by atoms with Gasteiger partial charge < -0.3 is 24.1 Å². The van der Waals surface area contributed by atoms with Crippen LogP contribution < -0.4 is 18.9 Å². The zero-order valence-corrected chi connectivity index (χ0v) is 13.0. The molecule has 23 heavy (non-hydrogen) atoms. The van der Waals surface area contributed by atoms with E-state index in [9.17, 15) is 5.11 Å². The normalized spacial score (nSPS) is 24.7. The van der Waals surface area contributed by atoms with Crippen LogP contribution in [0.4, 0.5) is 0 Å². The van der Waals surface area contributed by atoms with Gasteiger partial charge in [0.25, 0.3) is 0 Å². The van der Waals surface area contributed by atoms with Gasteiger partial charge in [-0.2, -0.15) is 0 Å². The summed E-state index contributed by atoms with van der Waals surface area (Å²) < 4.78 is 21.8. The van der Waals surface area contributed by atoms with E-state index in [1.165, 1.54) is 0 Å². The van der Waals surface area contributed by atoms with Crippen molar-refractivity contribution < 1.29 is 24.1 Å². The van der Waals surface area contributed by atoms with E-state index in [1.54, 1.807) is 13.2 Å². The first kappa shape index (κ1) is 14.2. The number of fused-ring (bicyclic) bond motifs is 2. The summed E-state index contributed by atoms with van der Waals surface area (Å²) in [6, 6.07) is 11.6. The molecule has 1 N–H and O–H groups in total. The lowest BCUT2D eigenvalue weighted by Crippen LogP contribution is -2.34. The Morgan fingerprint density at radius 2 is 1.74 bits per heavy atom. The van der Waals surface area contributed by atoms with Crippen LogP contribution >= 0.6 is 0 Å². The lowest BCUT2D eigenvalue weighted by molar-refractivity contribution is -0.0729. The lowest BCUT2D eigenvalue weighted by Gasteiger charge is -2.35. The highest BCUT2D eigenvalue weighted by molar-refractivity contribution is 5.56. The van der Waals surface area contributed by atoms with Gasteiger partial charge in [-0.1, -0.05) is 19.1 Å². The Bertz CT molecular complexity index is 725. The molecule has 0 fully saturated rings. The van der Waals surface area contributed by atoms with Crippen molar-refractivity contribution in [2.45, 2.75) is 19.1 Å². The average molecular weight is 314 g/mol. The summed E-state index contributed by atoms with van der Waals surface area (Å²) in [6.07, 6.45) is -0.866. The van der Waals surface area contributed by atoms with Crippen molar-refractivity contribution >= 4 is 0 Å². The third-order valence-corrected chi connectivity index (χ3v) is 4.54. The molecule has 0 aliphatic carbocycles. The standard InChI is InChI=1S/C18H18O5/c1-10-17(11-3-5-12(20-2)6-4-11)13-7-15-16(22-9-21-15)8-14(13)23-18(10)19/h3-8,10,17-19H,9H2,1-2H3/t10-,17+,18+/m1/s1. The molecule has 0 saturated heterocycles. The molecule has 2 aromatic rings. The average Bonchev–Trinajstić information content (AvgIpc) is 3.02. The predicted octanol–water partition coefficient (Wildman–Crippen LogP) is 2.90. The molecule has 0 radical (unpaired) electrons. The van der Waals surface area contributed by atoms with Gasteiger partial charge in [0, 0.05) is 23.5 Å². The molecule has 0 bridgehead atoms. The predicted molar refractivity (Wildman–Crippen MR) is 83.2 cm³/mol. The maximum Gasteiger partial charge on any atom is 0.231 e. The van der Waals surface area contributed by atoms with Crippen molar-refractivity contribution in [3.05, 3.63) is 47.5 Å². The summed E-state index contributed by atoms with van der Waals surface area (Å²) in [6.45, 7) is 2.19. The summed E-state index contributed by atoms with van der Waals surface area (Å²) in [5.41, 5.74) is 2.10. The zero-order valence-electron chi connectivity index (χ0n) is 13.0. The molecule has 2 aromatic carbocycles. The topological polar surface area (TPSA) is 57.2 Å². The quantitative estimate of drug-likeness (QED) is 0.923. The SMILES string of the molecule is COc1ccc([C@H]2c3cc4c(cc3O[C@H](O)[C@@H]2C)OCO4)cc1. The Labute approximate surface area is 134 Å². The second-order valence-corrected chi connectivity index (χ2v) is 5.86. The summed E-state index contributed by atoms with van der Waals surface area (Å²) in [5.74, 6) is 2.74. The minimum atomic E-state index is -0.866. The van der Waals surface area contributed by atoms with Crippen molar-refractivity contribution in [3.63, 3.8) is 0 Å². The van der Waals surface area contributed by atoms with Gasteiger partial charge in [0.1, 0.15) is 11.5 Å². The molecule has 0 aromatic heterocycles. The Balaban J connectivity index is 1.82. The molecule has 2 heterocycles. The van der Waals surface area contributed by atoms with Gasteiger partial charge in [0.15, 0.2) is 11.5 Å². The van der Waals surface area contributed by atoms with E-state index in [0.717, 1.165) is 22.6 Å². The van der Waals surface area contributed by atoms with Crippen molar-refractivity contribution in [1.29, 1.82) is 0 Å². The molecule has 0 amide bonds. The van der Waals surface area contributed by atoms with Crippen LogP contribution in [0.15, 0.2) is 36.4 Å². The molecule has 0 spiro atoms. The molecule has 2 aliphatic heterocycles. The Morgan fingerprint density at radius 3 is 2.43 bits per heavy atom. The summed E-state index contributed by atoms with van der Waals surface area (Å²) in [5, 5.41) is 10.3. The second kappa shape index (κ2) is 5.35. The first-order valence-electron chi connectivity index (χ1n) is 7.59. The molecular weight excluding hydrogens is 296 g/mol. The minimum Gasteiger partial charge on any atom is -0.497 e. The van der Waals surface area contributed by atoms with E-state index in [0.29, 0.717) is 11.5 Å². The minimum absolute atomic E-state index is 0.00848. The molecule has 4 rings (SSSR count). The highest BCUT2D eigenvalue weighted by Crippen LogP contribution is 2.48. The Kier molecular flexibility index (Phi) is 3.31. The number of hydrogen-bond donors (Lipinski definition) is 1. The zero-order chi connectivity index (χ0) is 16.0. The number of benzene rings is 2. The highest BCUT2D eigenvalue weighted by atomic mass is 16.7. The van der Waals surface area contributed by atoms with Gasteiger partial charge in [-0.05, 0) is 23.8 Å². The molecule has 5 heteroatoms. The molecule has 2 aliphatic rings. The smallest absolute Gasteiger partial charge is 0.231 e. The molecule has 3 atom stereocenters. The molecular formula is C18H18O5. The van der Waals surface area contributed by atoms with Gasteiger partial charge >= 0.3 is 0 Å². The van der Waals surface area contributed by atoms with Gasteiger partial charge in [0.05, 0.1) is 7.11 Å². The van der Waals surface area contributed by atoms with Crippen LogP contribution in [-0.2, 0) is 0 Å². The third-order valence-electron chi connectivity index (χ3n) is 4.54. The van der Waals surface area contributed by atoms with Crippen molar-refractivity contribution in [2.24, 2.45) is 5.92 Å². The summed E-state index contributed by atoms with van der Waals surface area (Å²) in [7, 11) is 1.64. The van der Waals surface area contributed by atoms with Crippen LogP contribution in [0.1, 0.15) is 24.0 Å². The van der Waals surface area contributed by atoms with Gasteiger partial charge in [-0.15, -0.1) is 0 Å². The third kappa shape index (κ3) is 2.28. The highest BCUT2D eigenvalue weighted by Gasteiger charge is 2.37. The van der Waals surface area contributed by atoms with Crippen molar-refractivity contribution in [3.8, 4) is 23.0 Å². The number of aliphatic hydroxyl groups excluding tert-OH is 1. The molecule has 0 unspecified atom stereocenters. The second-order valence-electron chi connectivity index (χ2n) is 5.86. The largest absolute Gasteiger partial charge is 0.497 e. The number of hydrogen-bond acceptors (Lipinski definition) is 5. The van der Waals surface area contributed by atoms with Crippen LogP contribution in [-0.4, -0.2) is 25.3 Å². The maximum absolute atomic E-state index is 10.3. The van der Waals surface area contributed by atoms with Gasteiger partial charge in [-0.3, -0.25) is 0 Å². The van der Waals surface area contributed by atoms with Crippen LogP contribution in [0.25, 0.3) is 0 Å². The van der Waals surface area contributed by atoms with Crippen molar-refractivity contribution in [1.82, 2.24) is 0 Å². The summed E-state index contributed by atoms with van der Waals surface area (Å²) in [4.78, 5) is 0. The van der Waals surface area contributed by atoms with E-state index in [1.807, 2.05) is 37.3 Å². The fourth-order valence-electron chi connectivity index (χ4n) is 3.26. The van der Waals surface area contributed by atoms with Crippen LogP contribution in [0.3, 0.4) is 0 Å². The van der Waals surface area contributed by atoms with Gasteiger partial charge in [-0.25, -0.2) is 0 Å². The van der Waals surface area contributed by atoms with E-state index in [4.69, 9.17) is 18.9 Å². The van der Waals surface area contributed by atoms with E-state index >= 15 is 0 Å². The van der Waals surface area contributed by atoms with E-state index in [-0.39, 0.29) is 18.6 Å². The Hall–Kier alpha value is -2.40. The monoisotopic (exact) mass is 314 g/mol. The number of ether oxygens (including phenoxy) is 4. The number of rotatable bonds is 2. The lowest BCUT2D eigenvalue weighted by atomic mass is 9.79. The first-order chi connectivity index (χ1) is 11.2. The number of methoxy groups -OCH3 is 1. The summed E-state index contributed by atoms with van der Waals surface area (Å²) >= 11 is 0. The van der Waals surface area contributed by atoms with Crippen LogP contribution in [0.2, 0.25) is 0 Å². The van der Waals surface area contributed by atoms with Crippen molar-refractivity contribution in [2.75, 3.05) is 13.9 Å². The molecule has 120 valence electrons. The molecule has 5 nitrogen and oxygen atoms in total.